The summed E-state index contributed by atoms with van der Waals surface area (Å²) in [4.78, 5) is 0. The second-order valence-corrected chi connectivity index (χ2v) is 2.67. The van der Waals surface area contributed by atoms with Crippen molar-refractivity contribution in [1.29, 1.82) is 0 Å². The van der Waals surface area contributed by atoms with Crippen LogP contribution in [0.2, 0.25) is 5.02 Å². The van der Waals surface area contributed by atoms with Gasteiger partial charge in [-0.3, -0.25) is 0 Å². The van der Waals surface area contributed by atoms with E-state index in [1.165, 1.54) is 11.1 Å². The molecule has 1 aromatic carbocycles. The number of hydrogen-bond donors (Lipinski definition) is 0. The van der Waals surface area contributed by atoms with Crippen molar-refractivity contribution in [3.63, 3.8) is 0 Å². The maximum Gasteiger partial charge on any atom is 0.0408 e. The Morgan fingerprint density at radius 3 is 2.10 bits per heavy atom. The third-order valence-corrected chi connectivity index (χ3v) is 1.70. The van der Waals surface area contributed by atoms with Gasteiger partial charge in [0.25, 0.3) is 0 Å². The predicted octanol–water partition coefficient (Wildman–Crippen LogP) is 3.59. The molecule has 56 valence electrons. The summed E-state index contributed by atoms with van der Waals surface area (Å²) in [5.41, 5.74) is 2.54. The number of hydrogen-bond acceptors (Lipinski definition) is 0. The van der Waals surface area contributed by atoms with Gasteiger partial charge in [0.15, 0.2) is 0 Å². The van der Waals surface area contributed by atoms with Crippen molar-refractivity contribution in [2.45, 2.75) is 21.3 Å². The molecule has 0 saturated carbocycles. The van der Waals surface area contributed by atoms with E-state index < -0.39 is 0 Å². The molecule has 0 aliphatic heterocycles. The van der Waals surface area contributed by atoms with E-state index in [1.807, 2.05) is 18.2 Å². The minimum atomic E-state index is 0. The molecule has 0 atom stereocenters. The molecule has 0 unspecified atom stereocenters. The van der Waals surface area contributed by atoms with Crippen LogP contribution >= 0.6 is 11.6 Å². The summed E-state index contributed by atoms with van der Waals surface area (Å²) in [7, 11) is 0. The van der Waals surface area contributed by atoms with Crippen molar-refractivity contribution < 1.29 is 0 Å². The Hall–Kier alpha value is -0.490. The van der Waals surface area contributed by atoms with Crippen LogP contribution in [0.4, 0.5) is 0 Å². The van der Waals surface area contributed by atoms with Crippen molar-refractivity contribution in [2.75, 3.05) is 0 Å². The Bertz CT molecular complexity index is 216. The largest absolute Gasteiger partial charge is 0.0843 e. The molecule has 0 amide bonds. The highest BCUT2D eigenvalue weighted by Crippen LogP contribution is 2.13. The van der Waals surface area contributed by atoms with Gasteiger partial charge >= 0.3 is 0 Å². The molecule has 0 fully saturated rings. The van der Waals surface area contributed by atoms with Gasteiger partial charge < -0.3 is 0 Å². The average molecular weight is 157 g/mol. The van der Waals surface area contributed by atoms with Crippen LogP contribution in [-0.2, 0) is 0 Å². The van der Waals surface area contributed by atoms with Crippen molar-refractivity contribution in [2.24, 2.45) is 0 Å². The van der Waals surface area contributed by atoms with E-state index in [2.05, 4.69) is 13.8 Å². The first-order chi connectivity index (χ1) is 4.20. The molecule has 1 heteroatoms. The van der Waals surface area contributed by atoms with Gasteiger partial charge in [-0.1, -0.05) is 25.1 Å². The summed E-state index contributed by atoms with van der Waals surface area (Å²) in [6.45, 7) is 4.13. The molecule has 0 saturated heterocycles. The zero-order valence-electron chi connectivity index (χ0n) is 5.61. The molecule has 0 radical (unpaired) electrons. The van der Waals surface area contributed by atoms with Gasteiger partial charge in [-0.2, -0.15) is 0 Å². The van der Waals surface area contributed by atoms with Crippen molar-refractivity contribution in [3.8, 4) is 0 Å². The quantitative estimate of drug-likeness (QED) is 0.539. The van der Waals surface area contributed by atoms with Crippen LogP contribution in [-0.4, -0.2) is 0 Å². The zero-order chi connectivity index (χ0) is 6.85. The second kappa shape index (κ2) is 3.62. The lowest BCUT2D eigenvalue weighted by atomic mass is 10.1. The molecule has 0 bridgehead atoms. The van der Waals surface area contributed by atoms with Gasteiger partial charge in [0, 0.05) is 5.02 Å². The molecule has 0 aromatic heterocycles. The summed E-state index contributed by atoms with van der Waals surface area (Å²) in [5.74, 6) is 0. The lowest BCUT2D eigenvalue weighted by Gasteiger charge is -1.97. The highest BCUT2D eigenvalue weighted by molar-refractivity contribution is 6.30. The molecular weight excluding hydrogens is 144 g/mol. The second-order valence-electron chi connectivity index (χ2n) is 2.23. The Morgan fingerprint density at radius 1 is 1.10 bits per heavy atom. The molecule has 1 aromatic rings. The molecule has 0 N–H and O–H groups in total. The fourth-order valence-corrected chi connectivity index (χ4v) is 0.931. The van der Waals surface area contributed by atoms with E-state index in [1.54, 1.807) is 0 Å². The lowest BCUT2D eigenvalue weighted by Crippen LogP contribution is -1.77. The molecule has 10 heavy (non-hydrogen) atoms. The van der Waals surface area contributed by atoms with Crippen LogP contribution in [0.1, 0.15) is 18.6 Å². The van der Waals surface area contributed by atoms with Gasteiger partial charge in [-0.15, -0.1) is 0 Å². The van der Waals surface area contributed by atoms with Gasteiger partial charge in [-0.05, 0) is 37.1 Å². The monoisotopic (exact) mass is 156 g/mol. The summed E-state index contributed by atoms with van der Waals surface area (Å²) >= 11 is 5.72. The van der Waals surface area contributed by atoms with Gasteiger partial charge in [0.1, 0.15) is 0 Å². The Morgan fingerprint density at radius 2 is 1.70 bits per heavy atom. The summed E-state index contributed by atoms with van der Waals surface area (Å²) in [5, 5.41) is 0.818. The smallest absolute Gasteiger partial charge is 0.0408 e. The minimum absolute atomic E-state index is 0. The van der Waals surface area contributed by atoms with Gasteiger partial charge in [0.2, 0.25) is 0 Å². The third kappa shape index (κ3) is 2.03. The maximum absolute atomic E-state index is 5.72. The Balaban J connectivity index is 0.000000810. The zero-order valence-corrected chi connectivity index (χ0v) is 6.37. The van der Waals surface area contributed by atoms with E-state index in [0.29, 0.717) is 0 Å². The van der Waals surface area contributed by atoms with Crippen LogP contribution < -0.4 is 0 Å². The van der Waals surface area contributed by atoms with Crippen LogP contribution in [0.25, 0.3) is 0 Å². The Labute approximate surface area is 67.8 Å². The van der Waals surface area contributed by atoms with Gasteiger partial charge in [-0.25, -0.2) is 0 Å². The van der Waals surface area contributed by atoms with E-state index in [-0.39, 0.29) is 7.43 Å². The number of benzene rings is 1. The highest BCUT2D eigenvalue weighted by atomic mass is 35.5. The predicted molar refractivity (Wildman–Crippen MR) is 47.7 cm³/mol. The van der Waals surface area contributed by atoms with E-state index in [9.17, 15) is 0 Å². The topological polar surface area (TPSA) is 0 Å². The molecule has 1 rings (SSSR count). The van der Waals surface area contributed by atoms with Crippen LogP contribution in [0, 0.1) is 13.8 Å². The summed E-state index contributed by atoms with van der Waals surface area (Å²) in [6, 6.07) is 5.90. The molecule has 0 aliphatic rings. The van der Waals surface area contributed by atoms with E-state index >= 15 is 0 Å². The van der Waals surface area contributed by atoms with Crippen LogP contribution in [0.15, 0.2) is 18.2 Å². The summed E-state index contributed by atoms with van der Waals surface area (Å²) in [6.07, 6.45) is 0. The van der Waals surface area contributed by atoms with Crippen LogP contribution in [0.5, 0.6) is 0 Å². The highest BCUT2D eigenvalue weighted by Gasteiger charge is 1.90. The molecular formula is C9H13Cl. The average Bonchev–Trinajstić information content (AvgIpc) is 1.80. The Kier molecular flexibility index (Phi) is 3.45. The SMILES string of the molecule is C.Cc1ccc(Cl)cc1C. The van der Waals surface area contributed by atoms with Crippen molar-refractivity contribution in [3.05, 3.63) is 34.3 Å². The molecule has 0 nitrogen and oxygen atoms in total. The number of aryl methyl sites for hydroxylation is 2. The van der Waals surface area contributed by atoms with Crippen molar-refractivity contribution >= 4 is 11.6 Å². The van der Waals surface area contributed by atoms with Crippen LogP contribution in [0.3, 0.4) is 0 Å². The molecule has 0 spiro atoms. The minimum Gasteiger partial charge on any atom is -0.0843 e. The normalized spacial score (nSPS) is 8.70. The van der Waals surface area contributed by atoms with Gasteiger partial charge in [0.05, 0.1) is 0 Å². The first kappa shape index (κ1) is 9.51. The maximum atomic E-state index is 5.72. The first-order valence-electron chi connectivity index (χ1n) is 2.93. The lowest BCUT2D eigenvalue weighted by molar-refractivity contribution is 1.34. The van der Waals surface area contributed by atoms with Crippen molar-refractivity contribution in [1.82, 2.24) is 0 Å². The first-order valence-corrected chi connectivity index (χ1v) is 3.30. The molecule has 0 aliphatic carbocycles. The summed E-state index contributed by atoms with van der Waals surface area (Å²) < 4.78 is 0. The van der Waals surface area contributed by atoms with E-state index in [4.69, 9.17) is 11.6 Å². The fourth-order valence-electron chi connectivity index (χ4n) is 0.705. The fraction of sp³-hybridized carbons (Fsp3) is 0.333. The standard InChI is InChI=1S/C8H9Cl.CH4/c1-6-3-4-8(9)5-7(6)2;/h3-5H,1-2H3;1H4. The van der Waals surface area contributed by atoms with E-state index in [0.717, 1.165) is 5.02 Å². The third-order valence-electron chi connectivity index (χ3n) is 1.47. The number of rotatable bonds is 0. The number of halogens is 1. The molecule has 0 heterocycles.